The molecule has 0 aromatic heterocycles. The molecule has 0 radical (unpaired) electrons. The molecule has 0 unspecified atom stereocenters. The van der Waals surface area contributed by atoms with Crippen LogP contribution < -0.4 is 0 Å². The van der Waals surface area contributed by atoms with Gasteiger partial charge in [-0.25, -0.2) is 0 Å². The molecule has 0 atom stereocenters. The average Bonchev–Trinajstić information content (AvgIpc) is 3.44. The van der Waals surface area contributed by atoms with E-state index in [4.69, 9.17) is 5.11 Å². The smallest absolute Gasteiger partial charge is 0.246 e. The van der Waals surface area contributed by atoms with Crippen molar-refractivity contribution in [1.29, 1.82) is 0 Å². The van der Waals surface area contributed by atoms with Crippen molar-refractivity contribution in [3.63, 3.8) is 0 Å². The lowest BCUT2D eigenvalue weighted by molar-refractivity contribution is -0.127. The highest BCUT2D eigenvalue weighted by Crippen LogP contribution is 2.27. The zero-order chi connectivity index (χ0) is 16.1. The van der Waals surface area contributed by atoms with Crippen LogP contribution in [0.2, 0.25) is 0 Å². The van der Waals surface area contributed by atoms with Gasteiger partial charge in [-0.2, -0.15) is 0 Å². The van der Waals surface area contributed by atoms with Gasteiger partial charge in [0.2, 0.25) is 5.91 Å². The molecule has 1 fully saturated rings. The molecule has 23 heavy (non-hydrogen) atoms. The van der Waals surface area contributed by atoms with E-state index in [1.165, 1.54) is 5.56 Å². The van der Waals surface area contributed by atoms with E-state index < -0.39 is 0 Å². The Balaban J connectivity index is 1.66. The summed E-state index contributed by atoms with van der Waals surface area (Å²) >= 11 is 0. The van der Waals surface area contributed by atoms with Crippen LogP contribution in [0.4, 0.5) is 0 Å². The van der Waals surface area contributed by atoms with Crippen LogP contribution in [0.25, 0.3) is 17.2 Å². The highest BCUT2D eigenvalue weighted by molar-refractivity contribution is 5.92. The van der Waals surface area contributed by atoms with Crippen LogP contribution in [-0.2, 0) is 4.79 Å². The van der Waals surface area contributed by atoms with E-state index in [1.54, 1.807) is 11.0 Å². The van der Waals surface area contributed by atoms with Crippen molar-refractivity contribution in [2.24, 2.45) is 0 Å². The summed E-state index contributed by atoms with van der Waals surface area (Å²) in [5.74, 6) is -0.0197. The van der Waals surface area contributed by atoms with Crippen molar-refractivity contribution < 1.29 is 9.90 Å². The molecule has 1 saturated carbocycles. The number of aliphatic hydroxyl groups excluding tert-OH is 1. The van der Waals surface area contributed by atoms with E-state index in [0.29, 0.717) is 12.6 Å². The Bertz CT molecular complexity index is 673. The van der Waals surface area contributed by atoms with Gasteiger partial charge in [-0.05, 0) is 35.6 Å². The molecule has 3 heteroatoms. The zero-order valence-corrected chi connectivity index (χ0v) is 13.1. The van der Waals surface area contributed by atoms with Gasteiger partial charge in [0.05, 0.1) is 6.61 Å². The fraction of sp³-hybridized carbons (Fsp3) is 0.250. The van der Waals surface area contributed by atoms with Crippen LogP contribution in [0.15, 0.2) is 60.7 Å². The van der Waals surface area contributed by atoms with Gasteiger partial charge >= 0.3 is 0 Å². The lowest BCUT2D eigenvalue weighted by atomic mass is 10.0. The fourth-order valence-electron chi connectivity index (χ4n) is 2.65. The van der Waals surface area contributed by atoms with Crippen molar-refractivity contribution in [2.75, 3.05) is 13.2 Å². The maximum Gasteiger partial charge on any atom is 0.246 e. The van der Waals surface area contributed by atoms with Crippen LogP contribution in [0.1, 0.15) is 18.4 Å². The predicted octanol–water partition coefficient (Wildman–Crippen LogP) is 3.35. The first-order chi connectivity index (χ1) is 11.3. The number of hydrogen-bond donors (Lipinski definition) is 1. The van der Waals surface area contributed by atoms with Crippen LogP contribution >= 0.6 is 0 Å². The second kappa shape index (κ2) is 7.25. The van der Waals surface area contributed by atoms with Gasteiger partial charge in [-0.15, -0.1) is 0 Å². The van der Waals surface area contributed by atoms with Crippen molar-refractivity contribution in [2.45, 2.75) is 18.9 Å². The second-order valence-corrected chi connectivity index (χ2v) is 5.81. The normalized spacial score (nSPS) is 14.1. The van der Waals surface area contributed by atoms with Crippen molar-refractivity contribution in [3.05, 3.63) is 66.2 Å². The molecule has 0 aliphatic heterocycles. The van der Waals surface area contributed by atoms with E-state index in [2.05, 4.69) is 24.3 Å². The van der Waals surface area contributed by atoms with E-state index in [0.717, 1.165) is 24.0 Å². The lowest BCUT2D eigenvalue weighted by Crippen LogP contribution is -2.34. The van der Waals surface area contributed by atoms with E-state index in [1.807, 2.05) is 36.4 Å². The predicted molar refractivity (Wildman–Crippen MR) is 92.7 cm³/mol. The number of carbonyl (C=O) groups is 1. The van der Waals surface area contributed by atoms with E-state index >= 15 is 0 Å². The molecule has 2 aromatic carbocycles. The molecule has 2 aromatic rings. The Kier molecular flexibility index (Phi) is 4.89. The summed E-state index contributed by atoms with van der Waals surface area (Å²) in [6.07, 6.45) is 5.53. The number of hydrogen-bond acceptors (Lipinski definition) is 2. The average molecular weight is 307 g/mol. The van der Waals surface area contributed by atoms with Gasteiger partial charge in [-0.3, -0.25) is 4.79 Å². The first-order valence-electron chi connectivity index (χ1n) is 8.03. The molecule has 1 amide bonds. The summed E-state index contributed by atoms with van der Waals surface area (Å²) in [5.41, 5.74) is 3.34. The third-order valence-electron chi connectivity index (χ3n) is 4.05. The van der Waals surface area contributed by atoms with E-state index in [-0.39, 0.29) is 12.5 Å². The molecule has 118 valence electrons. The summed E-state index contributed by atoms with van der Waals surface area (Å²) in [4.78, 5) is 14.0. The minimum Gasteiger partial charge on any atom is -0.395 e. The SMILES string of the molecule is O=C(/C=C/c1ccc(-c2ccccc2)cc1)N(CCO)C1CC1. The Morgan fingerprint density at radius 3 is 2.30 bits per heavy atom. The number of carbonyl (C=O) groups excluding carboxylic acids is 1. The van der Waals surface area contributed by atoms with Crippen molar-refractivity contribution in [1.82, 2.24) is 4.90 Å². The van der Waals surface area contributed by atoms with Gasteiger partial charge in [0.25, 0.3) is 0 Å². The number of benzene rings is 2. The minimum absolute atomic E-state index is 0.0157. The zero-order valence-electron chi connectivity index (χ0n) is 13.1. The van der Waals surface area contributed by atoms with Gasteiger partial charge in [0.1, 0.15) is 0 Å². The quantitative estimate of drug-likeness (QED) is 0.831. The molecule has 3 nitrogen and oxygen atoms in total. The molecule has 0 bridgehead atoms. The number of nitrogens with zero attached hydrogens (tertiary/aromatic N) is 1. The first kappa shape index (κ1) is 15.5. The Morgan fingerprint density at radius 1 is 1.04 bits per heavy atom. The molecule has 1 aliphatic rings. The second-order valence-electron chi connectivity index (χ2n) is 5.81. The lowest BCUT2D eigenvalue weighted by Gasteiger charge is -2.19. The Labute approximate surface area is 136 Å². The molecular formula is C20H21NO2. The number of aliphatic hydroxyl groups is 1. The van der Waals surface area contributed by atoms with Gasteiger partial charge in [-0.1, -0.05) is 54.6 Å². The molecule has 1 N–H and O–H groups in total. The third-order valence-corrected chi connectivity index (χ3v) is 4.05. The van der Waals surface area contributed by atoms with Crippen LogP contribution in [0.3, 0.4) is 0 Å². The van der Waals surface area contributed by atoms with Crippen LogP contribution in [0, 0.1) is 0 Å². The topological polar surface area (TPSA) is 40.5 Å². The highest BCUT2D eigenvalue weighted by Gasteiger charge is 2.30. The summed E-state index contributed by atoms with van der Waals surface area (Å²) in [6, 6.07) is 18.7. The van der Waals surface area contributed by atoms with Crippen LogP contribution in [0.5, 0.6) is 0 Å². The van der Waals surface area contributed by atoms with Crippen molar-refractivity contribution in [3.8, 4) is 11.1 Å². The number of rotatable bonds is 6. The molecule has 1 aliphatic carbocycles. The third kappa shape index (κ3) is 4.08. The van der Waals surface area contributed by atoms with Crippen LogP contribution in [-0.4, -0.2) is 35.1 Å². The minimum atomic E-state index is -0.0197. The van der Waals surface area contributed by atoms with Gasteiger partial charge in [0.15, 0.2) is 0 Å². The molecular weight excluding hydrogens is 286 g/mol. The fourth-order valence-corrected chi connectivity index (χ4v) is 2.65. The molecule has 0 heterocycles. The highest BCUT2D eigenvalue weighted by atomic mass is 16.3. The molecule has 0 saturated heterocycles. The molecule has 3 rings (SSSR count). The summed E-state index contributed by atoms with van der Waals surface area (Å²) in [5, 5.41) is 9.07. The van der Waals surface area contributed by atoms with Crippen molar-refractivity contribution >= 4 is 12.0 Å². The monoisotopic (exact) mass is 307 g/mol. The van der Waals surface area contributed by atoms with Gasteiger partial charge in [0, 0.05) is 18.7 Å². The van der Waals surface area contributed by atoms with E-state index in [9.17, 15) is 4.79 Å². The Hall–Kier alpha value is -2.39. The standard InChI is InChI=1S/C20H21NO2/c22-15-14-21(19-11-12-19)20(23)13-8-16-6-9-18(10-7-16)17-4-2-1-3-5-17/h1-10,13,19,22H,11-12,14-15H2/b13-8+. The first-order valence-corrected chi connectivity index (χ1v) is 8.03. The summed E-state index contributed by atoms with van der Waals surface area (Å²) in [6.45, 7) is 0.433. The molecule has 0 spiro atoms. The maximum absolute atomic E-state index is 12.2. The summed E-state index contributed by atoms with van der Waals surface area (Å²) in [7, 11) is 0. The van der Waals surface area contributed by atoms with Gasteiger partial charge < -0.3 is 10.0 Å². The number of amides is 1. The largest absolute Gasteiger partial charge is 0.395 e. The Morgan fingerprint density at radius 2 is 1.70 bits per heavy atom. The summed E-state index contributed by atoms with van der Waals surface area (Å²) < 4.78 is 0. The maximum atomic E-state index is 12.2.